The van der Waals surface area contributed by atoms with Crippen molar-refractivity contribution >= 4 is 47.2 Å². The highest BCUT2D eigenvalue weighted by Gasteiger charge is 2.05. The average molecular weight is 334 g/mol. The van der Waals surface area contributed by atoms with Crippen molar-refractivity contribution in [1.29, 1.82) is 0 Å². The number of hydrogen-bond donors (Lipinski definition) is 1. The Kier molecular flexibility index (Phi) is 5.33. The number of benzene rings is 1. The minimum absolute atomic E-state index is 0.585. The number of halogens is 2. The summed E-state index contributed by atoms with van der Waals surface area (Å²) in [5.41, 5.74) is 1.15. The van der Waals surface area contributed by atoms with E-state index >= 15 is 0 Å². The summed E-state index contributed by atoms with van der Waals surface area (Å²) < 4.78 is 2.67. The highest BCUT2D eigenvalue weighted by molar-refractivity contribution is 7.97. The molecule has 19 heavy (non-hydrogen) atoms. The number of hydrogen-bond acceptors (Lipinski definition) is 3. The van der Waals surface area contributed by atoms with Gasteiger partial charge in [-0.1, -0.05) is 29.3 Å². The average Bonchev–Trinajstić information content (AvgIpc) is 2.74. The van der Waals surface area contributed by atoms with Crippen LogP contribution in [-0.4, -0.2) is 14.8 Å². The molecule has 0 saturated heterocycles. The van der Waals surface area contributed by atoms with Gasteiger partial charge in [-0.25, -0.2) is 0 Å². The second-order valence-corrected chi connectivity index (χ2v) is 6.12. The summed E-state index contributed by atoms with van der Waals surface area (Å²) in [6.45, 7) is 2.89. The molecule has 2 rings (SSSR count). The molecule has 0 aliphatic carbocycles. The van der Waals surface area contributed by atoms with Crippen LogP contribution in [0, 0.1) is 4.77 Å². The lowest BCUT2D eigenvalue weighted by atomic mass is 10.2. The Morgan fingerprint density at radius 3 is 2.79 bits per heavy atom. The molecular formula is C12H13Cl2N3S2. The normalized spacial score (nSPS) is 10.9. The Bertz CT molecular complexity index is 622. The zero-order valence-electron chi connectivity index (χ0n) is 10.3. The lowest BCUT2D eigenvalue weighted by molar-refractivity contribution is 0.716. The maximum absolute atomic E-state index is 5.98. The summed E-state index contributed by atoms with van der Waals surface area (Å²) in [6, 6.07) is 5.70. The Balaban J connectivity index is 1.96. The summed E-state index contributed by atoms with van der Waals surface area (Å²) in [5, 5.41) is 8.22. The van der Waals surface area contributed by atoms with Gasteiger partial charge in [0.05, 0.1) is 15.8 Å². The first-order valence-corrected chi connectivity index (χ1v) is 8.09. The molecule has 0 amide bonds. The standard InChI is InChI=1S/C12H13Cl2N3S2/c1-2-17-11(15-16-12(17)18)7-19-6-8-3-4-9(13)10(14)5-8/h3-5H,2,6-7H2,1H3,(H,16,18). The van der Waals surface area contributed by atoms with E-state index in [2.05, 4.69) is 17.1 Å². The van der Waals surface area contributed by atoms with Crippen molar-refractivity contribution in [3.05, 3.63) is 44.4 Å². The molecule has 0 spiro atoms. The van der Waals surface area contributed by atoms with Crippen molar-refractivity contribution < 1.29 is 0 Å². The van der Waals surface area contributed by atoms with Crippen molar-refractivity contribution in [2.24, 2.45) is 0 Å². The largest absolute Gasteiger partial charge is 0.304 e. The van der Waals surface area contributed by atoms with Gasteiger partial charge in [0.25, 0.3) is 0 Å². The molecule has 7 heteroatoms. The summed E-state index contributed by atoms with van der Waals surface area (Å²) in [4.78, 5) is 0. The van der Waals surface area contributed by atoms with Crippen LogP contribution in [0.1, 0.15) is 18.3 Å². The smallest absolute Gasteiger partial charge is 0.195 e. The SMILES string of the molecule is CCn1c(CSCc2ccc(Cl)c(Cl)c2)n[nH]c1=S. The predicted molar refractivity (Wildman–Crippen MR) is 84.5 cm³/mol. The van der Waals surface area contributed by atoms with Gasteiger partial charge in [-0.15, -0.1) is 11.8 Å². The van der Waals surface area contributed by atoms with Crippen molar-refractivity contribution in [2.75, 3.05) is 0 Å². The van der Waals surface area contributed by atoms with Crippen LogP contribution in [0.3, 0.4) is 0 Å². The van der Waals surface area contributed by atoms with Crippen molar-refractivity contribution in [1.82, 2.24) is 14.8 Å². The van der Waals surface area contributed by atoms with Gasteiger partial charge in [-0.2, -0.15) is 5.10 Å². The monoisotopic (exact) mass is 333 g/mol. The van der Waals surface area contributed by atoms with Crippen molar-refractivity contribution in [3.8, 4) is 0 Å². The van der Waals surface area contributed by atoms with E-state index in [1.54, 1.807) is 11.8 Å². The van der Waals surface area contributed by atoms with Crippen molar-refractivity contribution in [2.45, 2.75) is 25.0 Å². The van der Waals surface area contributed by atoms with Gasteiger partial charge < -0.3 is 4.57 Å². The number of thioether (sulfide) groups is 1. The summed E-state index contributed by atoms with van der Waals surface area (Å²) in [7, 11) is 0. The molecule has 2 aromatic rings. The number of H-pyrrole nitrogens is 1. The van der Waals surface area contributed by atoms with Gasteiger partial charge in [-0.05, 0) is 36.8 Å². The first-order valence-electron chi connectivity index (χ1n) is 5.77. The third kappa shape index (κ3) is 3.75. The molecule has 0 radical (unpaired) electrons. The molecule has 0 aliphatic heterocycles. The molecule has 102 valence electrons. The molecule has 1 heterocycles. The molecule has 1 N–H and O–H groups in total. The number of rotatable bonds is 5. The fourth-order valence-electron chi connectivity index (χ4n) is 1.68. The second kappa shape index (κ2) is 6.79. The van der Waals surface area contributed by atoms with Crippen LogP contribution in [0.4, 0.5) is 0 Å². The van der Waals surface area contributed by atoms with Gasteiger partial charge >= 0.3 is 0 Å². The quantitative estimate of drug-likeness (QED) is 0.805. The Hall–Kier alpha value is -0.490. The molecule has 3 nitrogen and oxygen atoms in total. The number of nitrogens with one attached hydrogen (secondary N) is 1. The van der Waals surface area contributed by atoms with E-state index in [9.17, 15) is 0 Å². The summed E-state index contributed by atoms with van der Waals surface area (Å²) in [5.74, 6) is 2.64. The van der Waals surface area contributed by atoms with E-state index in [1.807, 2.05) is 22.8 Å². The topological polar surface area (TPSA) is 33.6 Å². The van der Waals surface area contributed by atoms with Crippen LogP contribution < -0.4 is 0 Å². The van der Waals surface area contributed by atoms with Gasteiger partial charge in [0.15, 0.2) is 4.77 Å². The fraction of sp³-hybridized carbons (Fsp3) is 0.333. The minimum Gasteiger partial charge on any atom is -0.304 e. The van der Waals surface area contributed by atoms with E-state index in [1.165, 1.54) is 0 Å². The van der Waals surface area contributed by atoms with E-state index in [0.717, 1.165) is 29.4 Å². The molecular weight excluding hydrogens is 321 g/mol. The summed E-state index contributed by atoms with van der Waals surface area (Å²) in [6.07, 6.45) is 0. The van der Waals surface area contributed by atoms with Crippen LogP contribution >= 0.6 is 47.2 Å². The van der Waals surface area contributed by atoms with Gasteiger partial charge in [-0.3, -0.25) is 5.10 Å². The molecule has 0 unspecified atom stereocenters. The highest BCUT2D eigenvalue weighted by Crippen LogP contribution is 2.25. The third-order valence-electron chi connectivity index (χ3n) is 2.64. The van der Waals surface area contributed by atoms with Crippen LogP contribution in [0.2, 0.25) is 10.0 Å². The first-order chi connectivity index (χ1) is 9.11. The van der Waals surface area contributed by atoms with Gasteiger partial charge in [0.1, 0.15) is 5.82 Å². The predicted octanol–water partition coefficient (Wildman–Crippen LogP) is 4.70. The lowest BCUT2D eigenvalue weighted by Gasteiger charge is -2.05. The molecule has 0 atom stereocenters. The van der Waals surface area contributed by atoms with Crippen LogP contribution in [0.25, 0.3) is 0 Å². The fourth-order valence-corrected chi connectivity index (χ4v) is 3.20. The zero-order valence-corrected chi connectivity index (χ0v) is 13.5. The number of nitrogens with zero attached hydrogens (tertiary/aromatic N) is 2. The highest BCUT2D eigenvalue weighted by atomic mass is 35.5. The van der Waals surface area contributed by atoms with Crippen molar-refractivity contribution in [3.63, 3.8) is 0 Å². The van der Waals surface area contributed by atoms with Gasteiger partial charge in [0.2, 0.25) is 0 Å². The maximum Gasteiger partial charge on any atom is 0.195 e. The van der Waals surface area contributed by atoms with E-state index in [4.69, 9.17) is 35.4 Å². The molecule has 1 aromatic carbocycles. The number of aromatic nitrogens is 3. The van der Waals surface area contributed by atoms with E-state index < -0.39 is 0 Å². The Labute approximate surface area is 131 Å². The molecule has 1 aromatic heterocycles. The molecule has 0 fully saturated rings. The minimum atomic E-state index is 0.585. The molecule has 0 aliphatic rings. The lowest BCUT2D eigenvalue weighted by Crippen LogP contribution is -2.00. The van der Waals surface area contributed by atoms with Crippen LogP contribution in [0.5, 0.6) is 0 Å². The molecule has 0 bridgehead atoms. The van der Waals surface area contributed by atoms with Crippen LogP contribution in [0.15, 0.2) is 18.2 Å². The maximum atomic E-state index is 5.98. The zero-order chi connectivity index (χ0) is 13.8. The summed E-state index contributed by atoms with van der Waals surface area (Å²) >= 11 is 18.8. The van der Waals surface area contributed by atoms with E-state index in [0.29, 0.717) is 14.8 Å². The second-order valence-electron chi connectivity index (χ2n) is 3.93. The van der Waals surface area contributed by atoms with Crippen LogP contribution in [-0.2, 0) is 18.1 Å². The van der Waals surface area contributed by atoms with E-state index in [-0.39, 0.29) is 0 Å². The molecule has 0 saturated carbocycles. The Morgan fingerprint density at radius 2 is 2.11 bits per heavy atom. The van der Waals surface area contributed by atoms with Gasteiger partial charge in [0, 0.05) is 12.3 Å². The third-order valence-corrected chi connectivity index (χ3v) is 4.69. The number of aromatic amines is 1. The Morgan fingerprint density at radius 1 is 1.32 bits per heavy atom. The first kappa shape index (κ1) is 14.9.